The molecule has 1 aliphatic rings. The summed E-state index contributed by atoms with van der Waals surface area (Å²) in [6.07, 6.45) is 4.89. The van der Waals surface area contributed by atoms with Gasteiger partial charge in [-0.25, -0.2) is 0 Å². The molecule has 1 aromatic carbocycles. The first-order chi connectivity index (χ1) is 9.17. The maximum absolute atomic E-state index is 6.05. The molecule has 19 heavy (non-hydrogen) atoms. The molecule has 1 aromatic rings. The summed E-state index contributed by atoms with van der Waals surface area (Å²) in [5.41, 5.74) is 7.40. The highest BCUT2D eigenvalue weighted by Crippen LogP contribution is 2.23. The minimum absolute atomic E-state index is 0.396. The molecule has 1 saturated heterocycles. The first-order valence-electron chi connectivity index (χ1n) is 7.39. The third-order valence-electron chi connectivity index (χ3n) is 4.19. The Bertz CT molecular complexity index is 369. The van der Waals surface area contributed by atoms with Crippen molar-refractivity contribution in [2.45, 2.75) is 45.2 Å². The van der Waals surface area contributed by atoms with Crippen LogP contribution in [-0.2, 0) is 6.54 Å². The van der Waals surface area contributed by atoms with Crippen LogP contribution in [-0.4, -0.2) is 24.0 Å². The van der Waals surface area contributed by atoms with Gasteiger partial charge >= 0.3 is 0 Å². The van der Waals surface area contributed by atoms with Gasteiger partial charge in [0.15, 0.2) is 0 Å². The zero-order valence-electron chi connectivity index (χ0n) is 11.8. The molecule has 1 fully saturated rings. The summed E-state index contributed by atoms with van der Waals surface area (Å²) in [6, 6.07) is 8.60. The molecule has 0 radical (unpaired) electrons. The maximum atomic E-state index is 6.05. The molecule has 2 nitrogen and oxygen atoms in total. The van der Waals surface area contributed by atoms with Crippen LogP contribution in [0, 0.1) is 5.92 Å². The van der Waals surface area contributed by atoms with E-state index >= 15 is 0 Å². The van der Waals surface area contributed by atoms with Gasteiger partial charge in [-0.2, -0.15) is 0 Å². The minimum Gasteiger partial charge on any atom is -0.328 e. The predicted molar refractivity (Wildman–Crippen MR) is 82.3 cm³/mol. The Kier molecular flexibility index (Phi) is 5.68. The molecule has 0 saturated carbocycles. The van der Waals surface area contributed by atoms with E-state index in [4.69, 9.17) is 17.3 Å². The first-order valence-corrected chi connectivity index (χ1v) is 7.77. The van der Waals surface area contributed by atoms with Gasteiger partial charge in [0.05, 0.1) is 0 Å². The van der Waals surface area contributed by atoms with Crippen LogP contribution in [0.2, 0.25) is 5.02 Å². The third-order valence-corrected chi connectivity index (χ3v) is 4.44. The van der Waals surface area contributed by atoms with Crippen LogP contribution in [0.1, 0.15) is 38.2 Å². The number of nitrogens with two attached hydrogens (primary N) is 1. The van der Waals surface area contributed by atoms with Crippen molar-refractivity contribution in [3.63, 3.8) is 0 Å². The summed E-state index contributed by atoms with van der Waals surface area (Å²) in [5, 5.41) is 0.816. The van der Waals surface area contributed by atoms with E-state index in [1.807, 2.05) is 12.1 Å². The van der Waals surface area contributed by atoms with Gasteiger partial charge < -0.3 is 5.73 Å². The van der Waals surface area contributed by atoms with Crippen molar-refractivity contribution in [2.75, 3.05) is 13.1 Å². The van der Waals surface area contributed by atoms with Gasteiger partial charge in [-0.05, 0) is 62.4 Å². The Balaban J connectivity index is 1.75. The van der Waals surface area contributed by atoms with Crippen molar-refractivity contribution in [3.8, 4) is 0 Å². The summed E-state index contributed by atoms with van der Waals surface area (Å²) in [4.78, 5) is 2.54. The quantitative estimate of drug-likeness (QED) is 0.891. The fourth-order valence-corrected chi connectivity index (χ4v) is 2.95. The molecule has 0 amide bonds. The molecular formula is C16H25ClN2. The van der Waals surface area contributed by atoms with E-state index in [2.05, 4.69) is 24.0 Å². The topological polar surface area (TPSA) is 29.3 Å². The van der Waals surface area contributed by atoms with Crippen LogP contribution in [0.25, 0.3) is 0 Å². The number of halogens is 1. The molecule has 1 atom stereocenters. The molecule has 3 heteroatoms. The highest BCUT2D eigenvalue weighted by molar-refractivity contribution is 6.30. The molecule has 1 heterocycles. The SMILES string of the molecule is CCC(N)CC1CCN(Cc2ccc(Cl)cc2)CC1. The van der Waals surface area contributed by atoms with Gasteiger partial charge in [0.2, 0.25) is 0 Å². The largest absolute Gasteiger partial charge is 0.328 e. The zero-order valence-corrected chi connectivity index (χ0v) is 12.6. The Morgan fingerprint density at radius 3 is 2.47 bits per heavy atom. The Morgan fingerprint density at radius 1 is 1.26 bits per heavy atom. The number of nitrogens with zero attached hydrogens (tertiary/aromatic N) is 1. The van der Waals surface area contributed by atoms with Gasteiger partial charge in [0, 0.05) is 17.6 Å². The highest BCUT2D eigenvalue weighted by Gasteiger charge is 2.20. The maximum Gasteiger partial charge on any atom is 0.0406 e. The zero-order chi connectivity index (χ0) is 13.7. The molecule has 2 rings (SSSR count). The number of hydrogen-bond acceptors (Lipinski definition) is 2. The highest BCUT2D eigenvalue weighted by atomic mass is 35.5. The molecule has 106 valence electrons. The van der Waals surface area contributed by atoms with E-state index in [1.54, 1.807) is 0 Å². The number of benzene rings is 1. The van der Waals surface area contributed by atoms with Crippen molar-refractivity contribution in [1.82, 2.24) is 4.90 Å². The number of rotatable bonds is 5. The molecule has 0 spiro atoms. The number of hydrogen-bond donors (Lipinski definition) is 1. The second kappa shape index (κ2) is 7.28. The van der Waals surface area contributed by atoms with Gasteiger partial charge in [-0.15, -0.1) is 0 Å². The minimum atomic E-state index is 0.396. The first kappa shape index (κ1) is 14.8. The second-order valence-corrected chi connectivity index (χ2v) is 6.19. The van der Waals surface area contributed by atoms with Crippen LogP contribution in [0.5, 0.6) is 0 Å². The normalized spacial score (nSPS) is 19.5. The van der Waals surface area contributed by atoms with Crippen molar-refractivity contribution in [1.29, 1.82) is 0 Å². The monoisotopic (exact) mass is 280 g/mol. The third kappa shape index (κ3) is 4.79. The standard InChI is InChI=1S/C16H25ClN2/c1-2-16(18)11-13-7-9-19(10-8-13)12-14-3-5-15(17)6-4-14/h3-6,13,16H,2,7-12,18H2,1H3. The fourth-order valence-electron chi connectivity index (χ4n) is 2.82. The number of likely N-dealkylation sites (tertiary alicyclic amines) is 1. The van der Waals surface area contributed by atoms with Gasteiger partial charge in [-0.3, -0.25) is 4.90 Å². The molecule has 0 bridgehead atoms. The van der Waals surface area contributed by atoms with Crippen molar-refractivity contribution < 1.29 is 0 Å². The van der Waals surface area contributed by atoms with Crippen molar-refractivity contribution in [2.24, 2.45) is 11.7 Å². The lowest BCUT2D eigenvalue weighted by atomic mass is 9.89. The Labute approximate surface area is 121 Å². The van der Waals surface area contributed by atoms with Crippen LogP contribution in [0.4, 0.5) is 0 Å². The van der Waals surface area contributed by atoms with Crippen molar-refractivity contribution >= 4 is 11.6 Å². The van der Waals surface area contributed by atoms with E-state index in [1.165, 1.54) is 37.9 Å². The molecule has 1 aliphatic heterocycles. The van der Waals surface area contributed by atoms with E-state index in [-0.39, 0.29) is 0 Å². The molecule has 0 aromatic heterocycles. The molecular weight excluding hydrogens is 256 g/mol. The molecule has 0 aliphatic carbocycles. The Hall–Kier alpha value is -0.570. The fraction of sp³-hybridized carbons (Fsp3) is 0.625. The average Bonchev–Trinajstić information content (AvgIpc) is 2.43. The summed E-state index contributed by atoms with van der Waals surface area (Å²) in [6.45, 7) is 5.62. The van der Waals surface area contributed by atoms with Crippen LogP contribution in [0.15, 0.2) is 24.3 Å². The lowest BCUT2D eigenvalue weighted by Crippen LogP contribution is -2.35. The lowest BCUT2D eigenvalue weighted by molar-refractivity contribution is 0.167. The van der Waals surface area contributed by atoms with Gasteiger partial charge in [0.1, 0.15) is 0 Å². The van der Waals surface area contributed by atoms with Crippen LogP contribution < -0.4 is 5.73 Å². The lowest BCUT2D eigenvalue weighted by Gasteiger charge is -2.33. The van der Waals surface area contributed by atoms with E-state index in [0.717, 1.165) is 23.9 Å². The van der Waals surface area contributed by atoms with Gasteiger partial charge in [0.25, 0.3) is 0 Å². The second-order valence-electron chi connectivity index (χ2n) is 5.75. The van der Waals surface area contributed by atoms with E-state index in [0.29, 0.717) is 6.04 Å². The van der Waals surface area contributed by atoms with E-state index < -0.39 is 0 Å². The smallest absolute Gasteiger partial charge is 0.0406 e. The predicted octanol–water partition coefficient (Wildman–Crippen LogP) is 3.68. The van der Waals surface area contributed by atoms with Gasteiger partial charge in [-0.1, -0.05) is 30.7 Å². The summed E-state index contributed by atoms with van der Waals surface area (Å²) >= 11 is 5.91. The summed E-state index contributed by atoms with van der Waals surface area (Å²) in [7, 11) is 0. The van der Waals surface area contributed by atoms with Crippen molar-refractivity contribution in [3.05, 3.63) is 34.9 Å². The Morgan fingerprint density at radius 2 is 1.89 bits per heavy atom. The summed E-state index contributed by atoms with van der Waals surface area (Å²) < 4.78 is 0. The average molecular weight is 281 g/mol. The summed E-state index contributed by atoms with van der Waals surface area (Å²) in [5.74, 6) is 0.830. The molecule has 1 unspecified atom stereocenters. The van der Waals surface area contributed by atoms with E-state index in [9.17, 15) is 0 Å². The van der Waals surface area contributed by atoms with Crippen LogP contribution >= 0.6 is 11.6 Å². The molecule has 2 N–H and O–H groups in total. The number of piperidine rings is 1. The van der Waals surface area contributed by atoms with Crippen LogP contribution in [0.3, 0.4) is 0 Å².